The lowest BCUT2D eigenvalue weighted by molar-refractivity contribution is 0.284. The molecule has 186 valence electrons. The lowest BCUT2D eigenvalue weighted by Gasteiger charge is -2.14. The second kappa shape index (κ2) is 11.3. The zero-order chi connectivity index (χ0) is 25.5. The van der Waals surface area contributed by atoms with Crippen LogP contribution < -0.4 is 25.3 Å². The summed E-state index contributed by atoms with van der Waals surface area (Å²) in [4.78, 5) is 13.4. The molecule has 0 aliphatic heterocycles. The Morgan fingerprint density at radius 3 is 2.50 bits per heavy atom. The van der Waals surface area contributed by atoms with E-state index < -0.39 is 0 Å². The molecule has 36 heavy (non-hydrogen) atoms. The largest absolute Gasteiger partial charge is 0.497 e. The number of hydrogen-bond donors (Lipinski definition) is 2. The summed E-state index contributed by atoms with van der Waals surface area (Å²) >= 11 is 0. The van der Waals surface area contributed by atoms with Gasteiger partial charge in [0.25, 0.3) is 0 Å². The molecular weight excluding hydrogens is 456 g/mol. The van der Waals surface area contributed by atoms with Crippen molar-refractivity contribution < 1.29 is 14.2 Å². The molecule has 0 atom stereocenters. The Kier molecular flexibility index (Phi) is 7.69. The first-order valence-electron chi connectivity index (χ1n) is 11.4. The molecule has 9 heteroatoms. The van der Waals surface area contributed by atoms with E-state index in [9.17, 15) is 0 Å². The van der Waals surface area contributed by atoms with Gasteiger partial charge in [0.15, 0.2) is 17.1 Å². The van der Waals surface area contributed by atoms with Crippen LogP contribution in [0.3, 0.4) is 0 Å². The summed E-state index contributed by atoms with van der Waals surface area (Å²) in [6, 6.07) is 15.6. The van der Waals surface area contributed by atoms with Gasteiger partial charge >= 0.3 is 0 Å². The van der Waals surface area contributed by atoms with E-state index in [-0.39, 0.29) is 0 Å². The van der Waals surface area contributed by atoms with Crippen LogP contribution in [0.5, 0.6) is 17.2 Å². The maximum absolute atomic E-state index is 6.02. The third-order valence-corrected chi connectivity index (χ3v) is 5.71. The van der Waals surface area contributed by atoms with Gasteiger partial charge in [0.05, 0.1) is 20.8 Å². The Morgan fingerprint density at radius 1 is 1.06 bits per heavy atom. The monoisotopic (exact) mass is 486 g/mol. The average molecular weight is 487 g/mol. The lowest BCUT2D eigenvalue weighted by atomic mass is 10.1. The third-order valence-electron chi connectivity index (χ3n) is 5.71. The minimum absolute atomic E-state index is 0.421. The average Bonchev–Trinajstić information content (AvgIpc) is 3.27. The van der Waals surface area contributed by atoms with E-state index in [1.54, 1.807) is 33.7 Å². The molecule has 2 heterocycles. The molecule has 0 unspecified atom stereocenters. The summed E-state index contributed by atoms with van der Waals surface area (Å²) in [6.07, 6.45) is 4.98. The Balaban J connectivity index is 1.57. The highest BCUT2D eigenvalue weighted by Crippen LogP contribution is 2.30. The van der Waals surface area contributed by atoms with E-state index in [1.165, 1.54) is 6.20 Å². The number of rotatable bonds is 10. The van der Waals surface area contributed by atoms with Gasteiger partial charge in [-0.2, -0.15) is 0 Å². The number of hydrogen-bond acceptors (Lipinski definition) is 8. The van der Waals surface area contributed by atoms with Crippen molar-refractivity contribution in [2.24, 2.45) is 10.7 Å². The van der Waals surface area contributed by atoms with Gasteiger partial charge in [0.2, 0.25) is 5.95 Å². The predicted octanol–water partition coefficient (Wildman–Crippen LogP) is 4.12. The van der Waals surface area contributed by atoms with Gasteiger partial charge in [-0.05, 0) is 41.5 Å². The second-order valence-corrected chi connectivity index (χ2v) is 7.97. The van der Waals surface area contributed by atoms with Gasteiger partial charge in [-0.15, -0.1) is 0 Å². The molecule has 2 aromatic heterocycles. The minimum Gasteiger partial charge on any atom is -0.497 e. The number of aliphatic imine (C=N–C) groups is 1. The van der Waals surface area contributed by atoms with E-state index in [2.05, 4.69) is 15.3 Å². The van der Waals surface area contributed by atoms with Crippen molar-refractivity contribution in [2.45, 2.75) is 13.2 Å². The molecule has 4 rings (SSSR count). The Bertz CT molecular complexity index is 1390. The molecule has 0 saturated heterocycles. The number of nitrogens with two attached hydrogens (primary N) is 1. The number of ether oxygens (including phenoxy) is 3. The number of nitrogens with one attached hydrogen (secondary N) is 1. The summed E-state index contributed by atoms with van der Waals surface area (Å²) in [5, 5.41) is 3.16. The zero-order valence-corrected chi connectivity index (χ0v) is 20.9. The molecule has 0 spiro atoms. The van der Waals surface area contributed by atoms with Crippen molar-refractivity contribution in [1.82, 2.24) is 14.5 Å². The smallest absolute Gasteiger partial charge is 0.205 e. The van der Waals surface area contributed by atoms with Crippen molar-refractivity contribution in [3.05, 3.63) is 77.6 Å². The number of nitrogens with zero attached hydrogens (tertiary/aromatic N) is 4. The third kappa shape index (κ3) is 5.25. The molecule has 0 fully saturated rings. The van der Waals surface area contributed by atoms with E-state index in [4.69, 9.17) is 24.9 Å². The Morgan fingerprint density at radius 2 is 1.83 bits per heavy atom. The first-order valence-corrected chi connectivity index (χ1v) is 11.4. The zero-order valence-electron chi connectivity index (χ0n) is 20.9. The molecule has 9 nitrogen and oxygen atoms in total. The molecule has 0 saturated carbocycles. The molecule has 4 aromatic rings. The standard InChI is InChI=1S/C27H30N6O3/c1-29-14-21(13-28)20-12-23-26(31-15-20)33(27(30-2)32-23)16-19-7-10-24(25(11-19)35-4)36-17-18-5-8-22(34-3)9-6-18/h5-15H,16-17,28H2,1-4H3,(H,30,32). The SMILES string of the molecule is CN=CC(=CN)c1cnc2c(c1)nc(NC)n2Cc1ccc(OCc2ccc(OC)cc2)c(OC)c1. The molecule has 0 aliphatic carbocycles. The second-order valence-electron chi connectivity index (χ2n) is 7.97. The fraction of sp³-hybridized carbons (Fsp3) is 0.222. The minimum atomic E-state index is 0.421. The summed E-state index contributed by atoms with van der Waals surface area (Å²) in [7, 11) is 6.82. The van der Waals surface area contributed by atoms with Crippen molar-refractivity contribution in [3.63, 3.8) is 0 Å². The number of allylic oxidation sites excluding steroid dienone is 1. The van der Waals surface area contributed by atoms with E-state index >= 15 is 0 Å². The van der Waals surface area contributed by atoms with Gasteiger partial charge in [-0.3, -0.25) is 9.56 Å². The van der Waals surface area contributed by atoms with Crippen molar-refractivity contribution in [3.8, 4) is 17.2 Å². The molecule has 3 N–H and O–H groups in total. The first kappa shape index (κ1) is 24.6. The Labute approximate surface area is 210 Å². The molecule has 0 radical (unpaired) electrons. The number of aromatic nitrogens is 3. The maximum Gasteiger partial charge on any atom is 0.205 e. The van der Waals surface area contributed by atoms with Crippen LogP contribution in [0.15, 0.2) is 65.9 Å². The number of anilines is 1. The highest BCUT2D eigenvalue weighted by Gasteiger charge is 2.15. The van der Waals surface area contributed by atoms with Crippen LogP contribution in [0.1, 0.15) is 16.7 Å². The predicted molar refractivity (Wildman–Crippen MR) is 143 cm³/mol. The van der Waals surface area contributed by atoms with Gasteiger partial charge in [-0.1, -0.05) is 18.2 Å². The Hall–Kier alpha value is -4.53. The highest BCUT2D eigenvalue weighted by molar-refractivity contribution is 6.10. The first-order chi connectivity index (χ1) is 17.6. The fourth-order valence-corrected chi connectivity index (χ4v) is 3.86. The molecular formula is C27H30N6O3. The van der Waals surface area contributed by atoms with Crippen LogP contribution in [0.4, 0.5) is 5.95 Å². The number of benzene rings is 2. The number of methoxy groups -OCH3 is 2. The van der Waals surface area contributed by atoms with E-state index in [0.717, 1.165) is 39.2 Å². The summed E-state index contributed by atoms with van der Waals surface area (Å²) < 4.78 is 18.9. The van der Waals surface area contributed by atoms with Gasteiger partial charge in [-0.25, -0.2) is 9.97 Å². The van der Waals surface area contributed by atoms with Crippen LogP contribution in [0.2, 0.25) is 0 Å². The molecule has 0 aliphatic rings. The van der Waals surface area contributed by atoms with Gasteiger partial charge in [0.1, 0.15) is 17.9 Å². The normalized spacial score (nSPS) is 11.7. The van der Waals surface area contributed by atoms with Crippen LogP contribution in [-0.2, 0) is 13.2 Å². The number of imidazole rings is 1. The number of pyridine rings is 1. The lowest BCUT2D eigenvalue weighted by Crippen LogP contribution is -2.06. The summed E-state index contributed by atoms with van der Waals surface area (Å²) in [6.45, 7) is 0.966. The van der Waals surface area contributed by atoms with Crippen LogP contribution >= 0.6 is 0 Å². The summed E-state index contributed by atoms with van der Waals surface area (Å²) in [5.41, 5.74) is 11.0. The van der Waals surface area contributed by atoms with Gasteiger partial charge in [0, 0.05) is 43.8 Å². The van der Waals surface area contributed by atoms with Crippen molar-refractivity contribution in [2.75, 3.05) is 33.6 Å². The summed E-state index contributed by atoms with van der Waals surface area (Å²) in [5.74, 6) is 2.84. The van der Waals surface area contributed by atoms with Crippen molar-refractivity contribution in [1.29, 1.82) is 0 Å². The van der Waals surface area contributed by atoms with E-state index in [1.807, 2.05) is 60.1 Å². The number of fused-ring (bicyclic) bond motifs is 1. The fourth-order valence-electron chi connectivity index (χ4n) is 3.86. The molecule has 0 amide bonds. The highest BCUT2D eigenvalue weighted by atomic mass is 16.5. The maximum atomic E-state index is 6.02. The molecule has 2 aromatic carbocycles. The quantitative estimate of drug-likeness (QED) is 0.325. The van der Waals surface area contributed by atoms with Crippen LogP contribution in [0.25, 0.3) is 16.7 Å². The van der Waals surface area contributed by atoms with Crippen LogP contribution in [0, 0.1) is 0 Å². The van der Waals surface area contributed by atoms with Crippen molar-refractivity contribution >= 4 is 28.9 Å². The van der Waals surface area contributed by atoms with Gasteiger partial charge < -0.3 is 25.3 Å². The molecule has 0 bridgehead atoms. The topological polar surface area (TPSA) is 109 Å². The van der Waals surface area contributed by atoms with Crippen LogP contribution in [-0.4, -0.2) is 49.1 Å². The van der Waals surface area contributed by atoms with E-state index in [0.29, 0.717) is 30.6 Å².